The monoisotopic (exact) mass is 310 g/mol. The maximum atomic E-state index is 13.6. The summed E-state index contributed by atoms with van der Waals surface area (Å²) in [6, 6.07) is 4.62. The molecule has 1 amide bonds. The molecule has 7 heteroatoms. The van der Waals surface area contributed by atoms with Crippen molar-refractivity contribution in [3.63, 3.8) is 0 Å². The first kappa shape index (κ1) is 16.1. The third-order valence-electron chi connectivity index (χ3n) is 2.94. The van der Waals surface area contributed by atoms with E-state index in [-0.39, 0.29) is 23.7 Å². The summed E-state index contributed by atoms with van der Waals surface area (Å²) in [5.41, 5.74) is 0.476. The van der Waals surface area contributed by atoms with E-state index in [1.54, 1.807) is 7.11 Å². The van der Waals surface area contributed by atoms with Crippen LogP contribution in [0.1, 0.15) is 12.1 Å². The number of carbonyl (C=O) groups excluding carboxylic acids is 1. The molecule has 2 rings (SSSR count). The number of methoxy groups -OCH3 is 1. The van der Waals surface area contributed by atoms with Crippen LogP contribution >= 0.6 is 0 Å². The van der Waals surface area contributed by atoms with E-state index in [4.69, 9.17) is 9.26 Å². The second-order valence-corrected chi connectivity index (χ2v) is 4.68. The standard InChI is InChI=1S/C15H16F2N2O3/c1-21-6-2-5-18-15(20)9-11-8-14(22-19-11)12-4-3-10(16)7-13(12)17/h3-4,7-8H,2,5-6,9H2,1H3,(H,18,20). The molecule has 0 fully saturated rings. The molecule has 1 aromatic carbocycles. The topological polar surface area (TPSA) is 64.4 Å². The number of hydrogen-bond acceptors (Lipinski definition) is 4. The molecule has 1 N–H and O–H groups in total. The van der Waals surface area contributed by atoms with Crippen molar-refractivity contribution in [3.8, 4) is 11.3 Å². The molecule has 5 nitrogen and oxygen atoms in total. The first-order chi connectivity index (χ1) is 10.6. The summed E-state index contributed by atoms with van der Waals surface area (Å²) in [6.45, 7) is 1.07. The van der Waals surface area contributed by atoms with E-state index >= 15 is 0 Å². The summed E-state index contributed by atoms with van der Waals surface area (Å²) in [6.07, 6.45) is 0.742. The molecule has 0 aliphatic rings. The van der Waals surface area contributed by atoms with Crippen molar-refractivity contribution in [1.82, 2.24) is 10.5 Å². The van der Waals surface area contributed by atoms with Crippen LogP contribution in [0.25, 0.3) is 11.3 Å². The fourth-order valence-electron chi connectivity index (χ4n) is 1.88. The summed E-state index contributed by atoms with van der Waals surface area (Å²) in [4.78, 5) is 11.7. The van der Waals surface area contributed by atoms with Gasteiger partial charge in [0.2, 0.25) is 5.91 Å². The Hall–Kier alpha value is -2.28. The minimum Gasteiger partial charge on any atom is -0.385 e. The van der Waals surface area contributed by atoms with Crippen LogP contribution in [0.3, 0.4) is 0 Å². The molecule has 1 aromatic heterocycles. The SMILES string of the molecule is COCCCNC(=O)Cc1cc(-c2ccc(F)cc2F)on1. The van der Waals surface area contributed by atoms with Crippen LogP contribution < -0.4 is 5.32 Å². The zero-order chi connectivity index (χ0) is 15.9. The largest absolute Gasteiger partial charge is 0.385 e. The van der Waals surface area contributed by atoms with Crippen LogP contribution in [0.4, 0.5) is 8.78 Å². The molecule has 0 spiro atoms. The summed E-state index contributed by atoms with van der Waals surface area (Å²) >= 11 is 0. The molecule has 0 aliphatic heterocycles. The minimum absolute atomic E-state index is 0.0271. The van der Waals surface area contributed by atoms with E-state index in [1.807, 2.05) is 0 Å². The van der Waals surface area contributed by atoms with E-state index in [2.05, 4.69) is 10.5 Å². The number of nitrogens with zero attached hydrogens (tertiary/aromatic N) is 1. The number of rotatable bonds is 7. The molecule has 0 radical (unpaired) electrons. The maximum absolute atomic E-state index is 13.6. The highest BCUT2D eigenvalue weighted by Crippen LogP contribution is 2.24. The highest BCUT2D eigenvalue weighted by Gasteiger charge is 2.14. The van der Waals surface area contributed by atoms with Gasteiger partial charge in [0.25, 0.3) is 0 Å². The smallest absolute Gasteiger partial charge is 0.226 e. The van der Waals surface area contributed by atoms with Gasteiger partial charge >= 0.3 is 0 Å². The molecule has 0 saturated carbocycles. The highest BCUT2D eigenvalue weighted by atomic mass is 19.1. The third-order valence-corrected chi connectivity index (χ3v) is 2.94. The van der Waals surface area contributed by atoms with Gasteiger partial charge in [0.1, 0.15) is 11.6 Å². The molecular formula is C15H16F2N2O3. The Bertz CT molecular complexity index is 643. The molecule has 0 aliphatic carbocycles. The number of carbonyl (C=O) groups is 1. The van der Waals surface area contributed by atoms with E-state index in [0.717, 1.165) is 12.1 Å². The van der Waals surface area contributed by atoms with Gasteiger partial charge in [-0.2, -0.15) is 0 Å². The quantitative estimate of drug-likeness (QED) is 0.797. The van der Waals surface area contributed by atoms with Crippen molar-refractivity contribution >= 4 is 5.91 Å². The number of hydrogen-bond donors (Lipinski definition) is 1. The van der Waals surface area contributed by atoms with Gasteiger partial charge in [0, 0.05) is 32.4 Å². The van der Waals surface area contributed by atoms with Crippen molar-refractivity contribution in [2.24, 2.45) is 0 Å². The zero-order valence-corrected chi connectivity index (χ0v) is 12.1. The Kier molecular flexibility index (Phi) is 5.60. The third kappa shape index (κ3) is 4.36. The van der Waals surface area contributed by atoms with Crippen LogP contribution in [0.2, 0.25) is 0 Å². The zero-order valence-electron chi connectivity index (χ0n) is 12.1. The number of halogens is 2. The van der Waals surface area contributed by atoms with Crippen LogP contribution in [0.5, 0.6) is 0 Å². The maximum Gasteiger partial charge on any atom is 0.226 e. The predicted molar refractivity (Wildman–Crippen MR) is 75.1 cm³/mol. The number of benzene rings is 1. The van der Waals surface area contributed by atoms with Crippen molar-refractivity contribution in [2.45, 2.75) is 12.8 Å². The number of ether oxygens (including phenoxy) is 1. The number of amides is 1. The lowest BCUT2D eigenvalue weighted by Crippen LogP contribution is -2.26. The molecule has 118 valence electrons. The van der Waals surface area contributed by atoms with Gasteiger partial charge in [-0.25, -0.2) is 8.78 Å². The Morgan fingerprint density at radius 3 is 2.91 bits per heavy atom. The average molecular weight is 310 g/mol. The van der Waals surface area contributed by atoms with Gasteiger partial charge in [-0.1, -0.05) is 5.16 Å². The summed E-state index contributed by atoms with van der Waals surface area (Å²) in [5.74, 6) is -1.47. The Morgan fingerprint density at radius 2 is 2.18 bits per heavy atom. The van der Waals surface area contributed by atoms with E-state index in [1.165, 1.54) is 12.1 Å². The Labute approximate surface area is 126 Å². The summed E-state index contributed by atoms with van der Waals surface area (Å²) < 4.78 is 36.4. The van der Waals surface area contributed by atoms with Gasteiger partial charge in [0.05, 0.1) is 17.7 Å². The lowest BCUT2D eigenvalue weighted by atomic mass is 10.1. The molecule has 2 aromatic rings. The van der Waals surface area contributed by atoms with Crippen LogP contribution in [0, 0.1) is 11.6 Å². The van der Waals surface area contributed by atoms with Gasteiger partial charge in [-0.3, -0.25) is 4.79 Å². The Balaban J connectivity index is 1.95. The van der Waals surface area contributed by atoms with Gasteiger partial charge in [-0.15, -0.1) is 0 Å². The van der Waals surface area contributed by atoms with Crippen molar-refractivity contribution in [2.75, 3.05) is 20.3 Å². The molecule has 22 heavy (non-hydrogen) atoms. The Morgan fingerprint density at radius 1 is 1.36 bits per heavy atom. The highest BCUT2D eigenvalue weighted by molar-refractivity contribution is 5.78. The van der Waals surface area contributed by atoms with Gasteiger partial charge in [-0.05, 0) is 18.6 Å². The van der Waals surface area contributed by atoms with Crippen molar-refractivity contribution in [3.05, 3.63) is 41.6 Å². The fraction of sp³-hybridized carbons (Fsp3) is 0.333. The predicted octanol–water partition coefficient (Wildman–Crippen LogP) is 2.32. The summed E-state index contributed by atoms with van der Waals surface area (Å²) in [5, 5.41) is 6.43. The van der Waals surface area contributed by atoms with E-state index < -0.39 is 11.6 Å². The molecule has 0 bridgehead atoms. The number of nitrogens with one attached hydrogen (secondary N) is 1. The molecule has 0 saturated heterocycles. The van der Waals surface area contributed by atoms with Gasteiger partial charge in [0.15, 0.2) is 5.76 Å². The first-order valence-electron chi connectivity index (χ1n) is 6.77. The molecule has 1 heterocycles. The van der Waals surface area contributed by atoms with Crippen molar-refractivity contribution in [1.29, 1.82) is 0 Å². The van der Waals surface area contributed by atoms with Crippen LogP contribution in [-0.2, 0) is 16.0 Å². The minimum atomic E-state index is -0.744. The number of aromatic nitrogens is 1. The fourth-order valence-corrected chi connectivity index (χ4v) is 1.88. The summed E-state index contributed by atoms with van der Waals surface area (Å²) in [7, 11) is 1.59. The lowest BCUT2D eigenvalue weighted by Gasteiger charge is -2.02. The first-order valence-corrected chi connectivity index (χ1v) is 6.77. The van der Waals surface area contributed by atoms with E-state index in [9.17, 15) is 13.6 Å². The molecular weight excluding hydrogens is 294 g/mol. The molecule has 0 unspecified atom stereocenters. The second-order valence-electron chi connectivity index (χ2n) is 4.68. The second kappa shape index (κ2) is 7.65. The van der Waals surface area contributed by atoms with Gasteiger partial charge < -0.3 is 14.6 Å². The normalized spacial score (nSPS) is 10.7. The lowest BCUT2D eigenvalue weighted by molar-refractivity contribution is -0.120. The van der Waals surface area contributed by atoms with E-state index in [0.29, 0.717) is 25.3 Å². The molecule has 0 atom stereocenters. The van der Waals surface area contributed by atoms with Crippen LogP contribution in [0.15, 0.2) is 28.8 Å². The van der Waals surface area contributed by atoms with Crippen LogP contribution in [-0.4, -0.2) is 31.3 Å². The van der Waals surface area contributed by atoms with Crippen molar-refractivity contribution < 1.29 is 22.8 Å². The average Bonchev–Trinajstić information content (AvgIpc) is 2.92.